The van der Waals surface area contributed by atoms with Crippen LogP contribution in [0.3, 0.4) is 0 Å². The standard InChI is InChI=1S/C20H13NO3/c22-19(16-10-5-8-13-6-1-3-9-15(13)16)21-17-12-14-7-2-4-11-18(14)24-20(17)23/h1-12H,(H,21,22). The number of carbonyl (C=O) groups excluding carboxylic acids is 1. The number of para-hydroxylation sites is 1. The number of nitrogens with one attached hydrogen (secondary N) is 1. The van der Waals surface area contributed by atoms with Crippen LogP contribution in [0.2, 0.25) is 0 Å². The van der Waals surface area contributed by atoms with Crippen molar-refractivity contribution in [3.05, 3.63) is 88.8 Å². The van der Waals surface area contributed by atoms with E-state index in [2.05, 4.69) is 5.32 Å². The third-order valence-electron chi connectivity index (χ3n) is 3.92. The molecule has 0 bridgehead atoms. The topological polar surface area (TPSA) is 59.3 Å². The first-order valence-corrected chi connectivity index (χ1v) is 7.54. The second kappa shape index (κ2) is 5.66. The number of hydrogen-bond acceptors (Lipinski definition) is 3. The summed E-state index contributed by atoms with van der Waals surface area (Å²) in [4.78, 5) is 24.7. The molecule has 3 aromatic carbocycles. The summed E-state index contributed by atoms with van der Waals surface area (Å²) in [6.45, 7) is 0. The summed E-state index contributed by atoms with van der Waals surface area (Å²) < 4.78 is 5.25. The highest BCUT2D eigenvalue weighted by molar-refractivity contribution is 6.13. The van der Waals surface area contributed by atoms with Crippen LogP contribution in [0, 0.1) is 0 Å². The first-order chi connectivity index (χ1) is 11.7. The monoisotopic (exact) mass is 315 g/mol. The van der Waals surface area contributed by atoms with Crippen LogP contribution >= 0.6 is 0 Å². The van der Waals surface area contributed by atoms with Crippen LogP contribution in [0.5, 0.6) is 0 Å². The summed E-state index contributed by atoms with van der Waals surface area (Å²) in [5, 5.41) is 5.22. The van der Waals surface area contributed by atoms with Gasteiger partial charge in [0.25, 0.3) is 5.91 Å². The van der Waals surface area contributed by atoms with E-state index >= 15 is 0 Å². The molecule has 0 spiro atoms. The van der Waals surface area contributed by atoms with Gasteiger partial charge in [0, 0.05) is 10.9 Å². The van der Waals surface area contributed by atoms with Crippen LogP contribution in [0.1, 0.15) is 10.4 Å². The van der Waals surface area contributed by atoms with Crippen LogP contribution in [-0.4, -0.2) is 5.91 Å². The zero-order valence-corrected chi connectivity index (χ0v) is 12.7. The fourth-order valence-corrected chi connectivity index (χ4v) is 2.76. The van der Waals surface area contributed by atoms with Crippen molar-refractivity contribution in [1.29, 1.82) is 0 Å². The Balaban J connectivity index is 1.76. The summed E-state index contributed by atoms with van der Waals surface area (Å²) in [6.07, 6.45) is 0. The van der Waals surface area contributed by atoms with Gasteiger partial charge < -0.3 is 9.73 Å². The van der Waals surface area contributed by atoms with E-state index in [1.807, 2.05) is 48.5 Å². The molecular weight excluding hydrogens is 302 g/mol. The maximum absolute atomic E-state index is 12.6. The lowest BCUT2D eigenvalue weighted by molar-refractivity contribution is 0.102. The highest BCUT2D eigenvalue weighted by Gasteiger charge is 2.13. The Morgan fingerprint density at radius 2 is 1.54 bits per heavy atom. The number of anilines is 1. The van der Waals surface area contributed by atoms with Crippen LogP contribution < -0.4 is 10.9 Å². The molecule has 0 atom stereocenters. The molecular formula is C20H13NO3. The predicted molar refractivity (Wildman–Crippen MR) is 94.4 cm³/mol. The third kappa shape index (κ3) is 2.44. The Morgan fingerprint density at radius 1 is 0.833 bits per heavy atom. The van der Waals surface area contributed by atoms with Gasteiger partial charge in [0.2, 0.25) is 0 Å². The fraction of sp³-hybridized carbons (Fsp3) is 0. The Kier molecular flexibility index (Phi) is 3.35. The molecule has 0 aliphatic carbocycles. The number of carbonyl (C=O) groups is 1. The minimum Gasteiger partial charge on any atom is -0.421 e. The fourth-order valence-electron chi connectivity index (χ4n) is 2.76. The number of fused-ring (bicyclic) bond motifs is 2. The quantitative estimate of drug-likeness (QED) is 0.564. The molecule has 0 radical (unpaired) electrons. The van der Waals surface area contributed by atoms with Gasteiger partial charge in [0.05, 0.1) is 0 Å². The van der Waals surface area contributed by atoms with Gasteiger partial charge in [-0.1, -0.05) is 54.6 Å². The van der Waals surface area contributed by atoms with Crippen LogP contribution in [0.15, 0.2) is 82.0 Å². The van der Waals surface area contributed by atoms with Gasteiger partial charge in [-0.2, -0.15) is 0 Å². The Bertz CT molecular complexity index is 1120. The highest BCUT2D eigenvalue weighted by atomic mass is 16.4. The SMILES string of the molecule is O=C(Nc1cc2ccccc2oc1=O)c1cccc2ccccc12. The van der Waals surface area contributed by atoms with E-state index in [9.17, 15) is 9.59 Å². The van der Waals surface area contributed by atoms with Crippen molar-refractivity contribution in [2.45, 2.75) is 0 Å². The molecule has 4 nitrogen and oxygen atoms in total. The van der Waals surface area contributed by atoms with Crippen LogP contribution in [-0.2, 0) is 0 Å². The van der Waals surface area contributed by atoms with Gasteiger partial charge in [-0.25, -0.2) is 4.79 Å². The summed E-state index contributed by atoms with van der Waals surface area (Å²) in [6, 6.07) is 21.9. The predicted octanol–water partition coefficient (Wildman–Crippen LogP) is 4.20. The van der Waals surface area contributed by atoms with E-state index in [1.54, 1.807) is 24.3 Å². The maximum Gasteiger partial charge on any atom is 0.360 e. The zero-order valence-electron chi connectivity index (χ0n) is 12.7. The average Bonchev–Trinajstić information content (AvgIpc) is 2.62. The molecule has 4 aromatic rings. The second-order valence-electron chi connectivity index (χ2n) is 5.47. The Hall–Kier alpha value is -3.40. The van der Waals surface area contributed by atoms with E-state index in [0.29, 0.717) is 11.1 Å². The van der Waals surface area contributed by atoms with Gasteiger partial charge in [-0.3, -0.25) is 4.79 Å². The van der Waals surface area contributed by atoms with Gasteiger partial charge in [0.15, 0.2) is 0 Å². The maximum atomic E-state index is 12.6. The first-order valence-electron chi connectivity index (χ1n) is 7.54. The molecule has 4 heteroatoms. The zero-order chi connectivity index (χ0) is 16.5. The molecule has 0 aliphatic rings. The molecule has 1 heterocycles. The van der Waals surface area contributed by atoms with Crippen LogP contribution in [0.4, 0.5) is 5.69 Å². The summed E-state index contributed by atoms with van der Waals surface area (Å²) in [5.41, 5.74) is 0.570. The van der Waals surface area contributed by atoms with Gasteiger partial charge in [-0.05, 0) is 29.0 Å². The average molecular weight is 315 g/mol. The van der Waals surface area contributed by atoms with E-state index in [-0.39, 0.29) is 11.6 Å². The molecule has 0 unspecified atom stereocenters. The molecule has 0 fully saturated rings. The lowest BCUT2D eigenvalue weighted by Gasteiger charge is -2.08. The van der Waals surface area contributed by atoms with Crippen molar-refractivity contribution in [2.75, 3.05) is 5.32 Å². The molecule has 1 N–H and O–H groups in total. The second-order valence-corrected chi connectivity index (χ2v) is 5.47. The van der Waals surface area contributed by atoms with Crippen molar-refractivity contribution in [2.24, 2.45) is 0 Å². The van der Waals surface area contributed by atoms with Crippen molar-refractivity contribution in [1.82, 2.24) is 0 Å². The highest BCUT2D eigenvalue weighted by Crippen LogP contribution is 2.20. The molecule has 1 aromatic heterocycles. The minimum atomic E-state index is -0.567. The van der Waals surface area contributed by atoms with Gasteiger partial charge >= 0.3 is 5.63 Å². The molecule has 4 rings (SSSR count). The lowest BCUT2D eigenvalue weighted by Crippen LogP contribution is -2.18. The molecule has 24 heavy (non-hydrogen) atoms. The summed E-state index contributed by atoms with van der Waals surface area (Å²) in [5.74, 6) is -0.339. The Morgan fingerprint density at radius 3 is 2.42 bits per heavy atom. The number of hydrogen-bond donors (Lipinski definition) is 1. The molecule has 0 aliphatic heterocycles. The largest absolute Gasteiger partial charge is 0.421 e. The van der Waals surface area contributed by atoms with E-state index in [0.717, 1.165) is 16.2 Å². The van der Waals surface area contributed by atoms with Gasteiger partial charge in [0.1, 0.15) is 11.3 Å². The minimum absolute atomic E-state index is 0.131. The molecule has 0 saturated heterocycles. The van der Waals surface area contributed by atoms with E-state index in [1.165, 1.54) is 0 Å². The molecule has 116 valence electrons. The third-order valence-corrected chi connectivity index (χ3v) is 3.92. The molecule has 1 amide bonds. The number of rotatable bonds is 2. The van der Waals surface area contributed by atoms with Crippen molar-refractivity contribution in [3.8, 4) is 0 Å². The number of benzene rings is 3. The summed E-state index contributed by atoms with van der Waals surface area (Å²) in [7, 11) is 0. The van der Waals surface area contributed by atoms with Crippen molar-refractivity contribution >= 4 is 33.3 Å². The normalized spacial score (nSPS) is 10.8. The first kappa shape index (κ1) is 14.2. The Labute approximate surface area is 137 Å². The van der Waals surface area contributed by atoms with Crippen LogP contribution in [0.25, 0.3) is 21.7 Å². The smallest absolute Gasteiger partial charge is 0.360 e. The number of amides is 1. The van der Waals surface area contributed by atoms with Gasteiger partial charge in [-0.15, -0.1) is 0 Å². The lowest BCUT2D eigenvalue weighted by atomic mass is 10.0. The van der Waals surface area contributed by atoms with E-state index in [4.69, 9.17) is 4.42 Å². The van der Waals surface area contributed by atoms with E-state index < -0.39 is 5.63 Å². The van der Waals surface area contributed by atoms with Crippen molar-refractivity contribution in [3.63, 3.8) is 0 Å². The van der Waals surface area contributed by atoms with Crippen molar-refractivity contribution < 1.29 is 9.21 Å². The summed E-state index contributed by atoms with van der Waals surface area (Å²) >= 11 is 0. The molecule has 0 saturated carbocycles.